The molecule has 2 heterocycles. The molecule has 0 spiro atoms. The lowest BCUT2D eigenvalue weighted by Crippen LogP contribution is -2.36. The third kappa shape index (κ3) is 3.50. The molecule has 1 N–H and O–H groups in total. The highest BCUT2D eigenvalue weighted by molar-refractivity contribution is 6.07. The highest BCUT2D eigenvalue weighted by Crippen LogP contribution is 2.33. The molecule has 146 valence electrons. The number of hydrogen-bond donors (Lipinski definition) is 1. The molecule has 2 aromatic carbocycles. The van der Waals surface area contributed by atoms with Crippen molar-refractivity contribution in [1.29, 1.82) is 0 Å². The minimum absolute atomic E-state index is 0.00385. The number of fused-ring (bicyclic) bond motifs is 2. The van der Waals surface area contributed by atoms with Gasteiger partial charge in [0, 0.05) is 49.5 Å². The van der Waals surface area contributed by atoms with E-state index in [9.17, 15) is 4.79 Å². The van der Waals surface area contributed by atoms with E-state index in [1.807, 2.05) is 30.5 Å². The number of hydrogen-bond acceptors (Lipinski definition) is 3. The van der Waals surface area contributed by atoms with E-state index in [0.29, 0.717) is 0 Å². The Kier molecular flexibility index (Phi) is 5.09. The van der Waals surface area contributed by atoms with Crippen molar-refractivity contribution in [3.63, 3.8) is 0 Å². The molecule has 3 aromatic rings. The number of nitrogens with zero attached hydrogens (tertiary/aromatic N) is 3. The number of amides is 1. The molecule has 0 saturated heterocycles. The standard InChI is InChI=1S/C23H28N4O/c1-25(2)14-15-27-16-19(17-8-4-7-11-22(17)27)23(28)24-20-12-13-26(3)21-10-6-5-9-18(20)21/h4-11,16,20H,12-15H2,1-3H3,(H,24,28). The van der Waals surface area contributed by atoms with Crippen LogP contribution in [-0.4, -0.2) is 49.6 Å². The van der Waals surface area contributed by atoms with Gasteiger partial charge in [0.2, 0.25) is 0 Å². The molecule has 28 heavy (non-hydrogen) atoms. The molecule has 1 amide bonds. The second-order valence-electron chi connectivity index (χ2n) is 7.85. The summed E-state index contributed by atoms with van der Waals surface area (Å²) in [5.74, 6) is 0.00385. The maximum atomic E-state index is 13.2. The highest BCUT2D eigenvalue weighted by atomic mass is 16.1. The monoisotopic (exact) mass is 376 g/mol. The summed E-state index contributed by atoms with van der Waals surface area (Å²) < 4.78 is 2.19. The SMILES string of the molecule is CN(C)CCn1cc(C(=O)NC2CCN(C)c3ccccc32)c2ccccc21. The molecular weight excluding hydrogens is 348 g/mol. The molecule has 0 saturated carbocycles. The molecule has 1 aliphatic heterocycles. The van der Waals surface area contributed by atoms with Crippen LogP contribution in [0.1, 0.15) is 28.4 Å². The van der Waals surface area contributed by atoms with Gasteiger partial charge in [-0.2, -0.15) is 0 Å². The van der Waals surface area contributed by atoms with Crippen LogP contribution in [0.3, 0.4) is 0 Å². The van der Waals surface area contributed by atoms with Gasteiger partial charge in [-0.05, 0) is 38.2 Å². The van der Waals surface area contributed by atoms with Crippen molar-refractivity contribution in [2.24, 2.45) is 0 Å². The number of nitrogens with one attached hydrogen (secondary N) is 1. The summed E-state index contributed by atoms with van der Waals surface area (Å²) in [6, 6.07) is 16.6. The van der Waals surface area contributed by atoms with Crippen LogP contribution < -0.4 is 10.2 Å². The maximum absolute atomic E-state index is 13.2. The predicted octanol–water partition coefficient (Wildman–Crippen LogP) is 3.51. The van der Waals surface area contributed by atoms with Gasteiger partial charge < -0.3 is 19.7 Å². The fraction of sp³-hybridized carbons (Fsp3) is 0.348. The Morgan fingerprint density at radius 2 is 1.89 bits per heavy atom. The van der Waals surface area contributed by atoms with Crippen LogP contribution in [0.25, 0.3) is 10.9 Å². The van der Waals surface area contributed by atoms with Crippen LogP contribution >= 0.6 is 0 Å². The zero-order valence-corrected chi connectivity index (χ0v) is 16.9. The van der Waals surface area contributed by atoms with Crippen molar-refractivity contribution >= 4 is 22.5 Å². The van der Waals surface area contributed by atoms with Gasteiger partial charge in [-0.25, -0.2) is 0 Å². The Morgan fingerprint density at radius 1 is 1.14 bits per heavy atom. The van der Waals surface area contributed by atoms with Crippen molar-refractivity contribution < 1.29 is 4.79 Å². The van der Waals surface area contributed by atoms with Crippen LogP contribution in [0.5, 0.6) is 0 Å². The van der Waals surface area contributed by atoms with Crippen molar-refractivity contribution in [2.75, 3.05) is 39.1 Å². The maximum Gasteiger partial charge on any atom is 0.253 e. The van der Waals surface area contributed by atoms with E-state index < -0.39 is 0 Å². The molecule has 0 bridgehead atoms. The summed E-state index contributed by atoms with van der Waals surface area (Å²) in [5.41, 5.74) is 4.26. The minimum Gasteiger partial charge on any atom is -0.374 e. The lowest BCUT2D eigenvalue weighted by Gasteiger charge is -2.33. The normalized spacial score (nSPS) is 16.4. The van der Waals surface area contributed by atoms with Crippen LogP contribution in [0.4, 0.5) is 5.69 Å². The highest BCUT2D eigenvalue weighted by Gasteiger charge is 2.25. The number of para-hydroxylation sites is 2. The van der Waals surface area contributed by atoms with Crippen LogP contribution in [0, 0.1) is 0 Å². The van der Waals surface area contributed by atoms with Crippen LogP contribution in [0.2, 0.25) is 0 Å². The Balaban J connectivity index is 1.62. The zero-order chi connectivity index (χ0) is 19.7. The Bertz CT molecular complexity index is 991. The van der Waals surface area contributed by atoms with Crippen molar-refractivity contribution in [3.05, 3.63) is 65.9 Å². The topological polar surface area (TPSA) is 40.5 Å². The van der Waals surface area contributed by atoms with Gasteiger partial charge in [-0.3, -0.25) is 4.79 Å². The molecule has 0 fully saturated rings. The fourth-order valence-electron chi connectivity index (χ4n) is 4.03. The van der Waals surface area contributed by atoms with E-state index >= 15 is 0 Å². The quantitative estimate of drug-likeness (QED) is 0.741. The number of likely N-dealkylation sites (N-methyl/N-ethyl adjacent to an activating group) is 1. The van der Waals surface area contributed by atoms with Crippen molar-refractivity contribution in [2.45, 2.75) is 19.0 Å². The lowest BCUT2D eigenvalue weighted by molar-refractivity contribution is 0.0935. The smallest absolute Gasteiger partial charge is 0.253 e. The second kappa shape index (κ2) is 7.68. The number of carbonyl (C=O) groups is 1. The number of aromatic nitrogens is 1. The van der Waals surface area contributed by atoms with Crippen molar-refractivity contribution in [1.82, 2.24) is 14.8 Å². The van der Waals surface area contributed by atoms with Gasteiger partial charge in [0.05, 0.1) is 11.6 Å². The summed E-state index contributed by atoms with van der Waals surface area (Å²) in [6.07, 6.45) is 2.92. The first-order valence-corrected chi connectivity index (χ1v) is 9.88. The Morgan fingerprint density at radius 3 is 2.71 bits per heavy atom. The van der Waals surface area contributed by atoms with Gasteiger partial charge in [0.15, 0.2) is 0 Å². The first kappa shape index (κ1) is 18.6. The summed E-state index contributed by atoms with van der Waals surface area (Å²) in [7, 11) is 6.24. The largest absolute Gasteiger partial charge is 0.374 e. The van der Waals surface area contributed by atoms with Gasteiger partial charge in [0.25, 0.3) is 5.91 Å². The van der Waals surface area contributed by atoms with E-state index in [2.05, 4.69) is 65.1 Å². The van der Waals surface area contributed by atoms with E-state index in [1.54, 1.807) is 0 Å². The molecule has 0 aliphatic carbocycles. The molecule has 1 aliphatic rings. The van der Waals surface area contributed by atoms with Crippen LogP contribution in [-0.2, 0) is 6.54 Å². The van der Waals surface area contributed by atoms with E-state index in [1.165, 1.54) is 11.3 Å². The Labute approximate surface area is 166 Å². The van der Waals surface area contributed by atoms with Gasteiger partial charge in [-0.1, -0.05) is 36.4 Å². The number of carbonyl (C=O) groups excluding carboxylic acids is 1. The summed E-state index contributed by atoms with van der Waals surface area (Å²) in [6.45, 7) is 2.73. The molecule has 1 atom stereocenters. The molecule has 5 heteroatoms. The molecular formula is C23H28N4O. The zero-order valence-electron chi connectivity index (χ0n) is 16.9. The van der Waals surface area contributed by atoms with Crippen LogP contribution in [0.15, 0.2) is 54.7 Å². The number of anilines is 1. The molecule has 0 radical (unpaired) electrons. The molecule has 1 aromatic heterocycles. The van der Waals surface area contributed by atoms with Crippen molar-refractivity contribution in [3.8, 4) is 0 Å². The number of rotatable bonds is 5. The van der Waals surface area contributed by atoms with E-state index in [0.717, 1.165) is 42.5 Å². The molecule has 1 unspecified atom stereocenters. The summed E-state index contributed by atoms with van der Waals surface area (Å²) in [4.78, 5) is 17.6. The molecule has 4 rings (SSSR count). The lowest BCUT2D eigenvalue weighted by atomic mass is 9.96. The second-order valence-corrected chi connectivity index (χ2v) is 7.85. The average Bonchev–Trinajstić information content (AvgIpc) is 3.08. The number of benzene rings is 2. The van der Waals surface area contributed by atoms with Gasteiger partial charge in [-0.15, -0.1) is 0 Å². The first-order valence-electron chi connectivity index (χ1n) is 9.88. The molecule has 5 nitrogen and oxygen atoms in total. The average molecular weight is 377 g/mol. The first-order chi connectivity index (χ1) is 13.5. The fourth-order valence-corrected chi connectivity index (χ4v) is 4.03. The summed E-state index contributed by atoms with van der Waals surface area (Å²) >= 11 is 0. The third-order valence-corrected chi connectivity index (χ3v) is 5.60. The summed E-state index contributed by atoms with van der Waals surface area (Å²) in [5, 5.41) is 4.31. The predicted molar refractivity (Wildman–Crippen MR) is 115 cm³/mol. The third-order valence-electron chi connectivity index (χ3n) is 5.60. The van der Waals surface area contributed by atoms with E-state index in [-0.39, 0.29) is 11.9 Å². The van der Waals surface area contributed by atoms with Gasteiger partial charge in [0.1, 0.15) is 0 Å². The Hall–Kier alpha value is -2.79. The van der Waals surface area contributed by atoms with E-state index in [4.69, 9.17) is 0 Å². The van der Waals surface area contributed by atoms with Gasteiger partial charge >= 0.3 is 0 Å². The minimum atomic E-state index is 0.00385.